The Bertz CT molecular complexity index is 920. The van der Waals surface area contributed by atoms with E-state index in [4.69, 9.17) is 0 Å². The third-order valence-corrected chi connectivity index (χ3v) is 8.89. The fourth-order valence-corrected chi connectivity index (χ4v) is 7.04. The van der Waals surface area contributed by atoms with Crippen LogP contribution in [0.3, 0.4) is 0 Å². The van der Waals surface area contributed by atoms with E-state index in [9.17, 15) is 14.9 Å². The lowest BCUT2D eigenvalue weighted by atomic mass is 9.92. The van der Waals surface area contributed by atoms with E-state index in [2.05, 4.69) is 35.0 Å². The molecule has 1 aromatic rings. The fourth-order valence-electron chi connectivity index (χ4n) is 5.80. The van der Waals surface area contributed by atoms with E-state index in [1.54, 1.807) is 11.3 Å². The summed E-state index contributed by atoms with van der Waals surface area (Å²) in [6.45, 7) is 11.7. The van der Waals surface area contributed by atoms with Crippen LogP contribution in [-0.4, -0.2) is 78.4 Å². The minimum atomic E-state index is -0.268. The molecule has 186 valence electrons. The van der Waals surface area contributed by atoms with Crippen molar-refractivity contribution in [2.75, 3.05) is 51.1 Å². The van der Waals surface area contributed by atoms with Gasteiger partial charge in [0.2, 0.25) is 11.8 Å². The van der Waals surface area contributed by atoms with Crippen LogP contribution in [0.2, 0.25) is 0 Å². The number of hydrogen-bond donors (Lipinski definition) is 1. The van der Waals surface area contributed by atoms with Crippen molar-refractivity contribution in [3.63, 3.8) is 0 Å². The van der Waals surface area contributed by atoms with Gasteiger partial charge >= 0.3 is 0 Å². The van der Waals surface area contributed by atoms with Crippen molar-refractivity contribution in [1.29, 1.82) is 5.26 Å². The number of thiophene rings is 1. The van der Waals surface area contributed by atoms with Crippen LogP contribution in [0.25, 0.3) is 0 Å². The summed E-state index contributed by atoms with van der Waals surface area (Å²) in [6, 6.07) is 2.08. The molecule has 8 heteroatoms. The Hall–Kier alpha value is -1.95. The van der Waals surface area contributed by atoms with Gasteiger partial charge in [-0.1, -0.05) is 20.3 Å². The first-order valence-corrected chi connectivity index (χ1v) is 13.8. The molecule has 1 aliphatic carbocycles. The Morgan fingerprint density at radius 1 is 1.09 bits per heavy atom. The largest absolute Gasteiger partial charge is 0.341 e. The average Bonchev–Trinajstić information content (AvgIpc) is 2.97. The quantitative estimate of drug-likeness (QED) is 0.647. The monoisotopic (exact) mass is 485 g/mol. The normalized spacial score (nSPS) is 25.2. The third-order valence-electron chi connectivity index (χ3n) is 7.68. The first-order chi connectivity index (χ1) is 16.4. The molecule has 3 heterocycles. The minimum Gasteiger partial charge on any atom is -0.341 e. The van der Waals surface area contributed by atoms with Crippen LogP contribution < -0.4 is 5.32 Å². The average molecular weight is 486 g/mol. The Balaban J connectivity index is 1.28. The Kier molecular flexibility index (Phi) is 8.28. The molecule has 34 heavy (non-hydrogen) atoms. The lowest BCUT2D eigenvalue weighted by Gasteiger charge is -2.39. The van der Waals surface area contributed by atoms with E-state index < -0.39 is 0 Å². The first-order valence-electron chi connectivity index (χ1n) is 12.9. The Labute approximate surface area is 208 Å². The van der Waals surface area contributed by atoms with Crippen molar-refractivity contribution >= 4 is 28.2 Å². The van der Waals surface area contributed by atoms with E-state index in [1.807, 2.05) is 11.8 Å². The number of carbonyl (C=O) groups excluding carboxylic acids is 2. The predicted molar refractivity (Wildman–Crippen MR) is 136 cm³/mol. The number of piperazine rings is 1. The van der Waals surface area contributed by atoms with Crippen molar-refractivity contribution in [1.82, 2.24) is 14.7 Å². The lowest BCUT2D eigenvalue weighted by Crippen LogP contribution is -2.55. The highest BCUT2D eigenvalue weighted by Crippen LogP contribution is 2.37. The van der Waals surface area contributed by atoms with Crippen LogP contribution >= 0.6 is 11.3 Å². The number of nitrogens with one attached hydrogen (secondary N) is 1. The van der Waals surface area contributed by atoms with Gasteiger partial charge in [-0.2, -0.15) is 5.26 Å². The molecule has 2 amide bonds. The molecule has 2 aliphatic heterocycles. The zero-order valence-electron chi connectivity index (χ0n) is 20.9. The summed E-state index contributed by atoms with van der Waals surface area (Å²) in [7, 11) is 0. The van der Waals surface area contributed by atoms with Gasteiger partial charge < -0.3 is 10.2 Å². The van der Waals surface area contributed by atoms with Crippen LogP contribution in [0.5, 0.6) is 0 Å². The molecule has 0 spiro atoms. The molecule has 0 unspecified atom stereocenters. The molecule has 2 saturated heterocycles. The zero-order chi connectivity index (χ0) is 24.2. The van der Waals surface area contributed by atoms with Crippen molar-refractivity contribution in [3.8, 4) is 6.07 Å². The van der Waals surface area contributed by atoms with E-state index in [0.717, 1.165) is 75.5 Å². The van der Waals surface area contributed by atoms with Crippen molar-refractivity contribution < 1.29 is 9.59 Å². The highest BCUT2D eigenvalue weighted by molar-refractivity contribution is 7.16. The van der Waals surface area contributed by atoms with Gasteiger partial charge in [0.05, 0.1) is 18.2 Å². The van der Waals surface area contributed by atoms with E-state index in [1.165, 1.54) is 17.7 Å². The van der Waals surface area contributed by atoms with Gasteiger partial charge in [-0.15, -0.1) is 11.3 Å². The number of piperidine rings is 1. The minimum absolute atomic E-state index is 0.0475. The molecule has 1 N–H and O–H groups in total. The molecular formula is C26H39N5O2S. The highest BCUT2D eigenvalue weighted by Gasteiger charge is 2.30. The summed E-state index contributed by atoms with van der Waals surface area (Å²) in [5.41, 5.74) is 1.83. The van der Waals surface area contributed by atoms with Crippen LogP contribution in [0.4, 0.5) is 5.00 Å². The number of nitrogens with zero attached hydrogens (tertiary/aromatic N) is 4. The highest BCUT2D eigenvalue weighted by atomic mass is 32.1. The summed E-state index contributed by atoms with van der Waals surface area (Å²) in [6.07, 6.45) is 6.63. The number of anilines is 1. The number of fused-ring (bicyclic) bond motifs is 1. The molecule has 3 atom stereocenters. The first kappa shape index (κ1) is 25.2. The maximum absolute atomic E-state index is 13.1. The van der Waals surface area contributed by atoms with Crippen molar-refractivity contribution in [2.24, 2.45) is 11.8 Å². The smallest absolute Gasteiger partial charge is 0.242 e. The topological polar surface area (TPSA) is 79.7 Å². The molecule has 1 aromatic heterocycles. The van der Waals surface area contributed by atoms with Crippen molar-refractivity contribution in [2.45, 2.75) is 65.3 Å². The summed E-state index contributed by atoms with van der Waals surface area (Å²) < 4.78 is 0. The Morgan fingerprint density at radius 3 is 2.44 bits per heavy atom. The van der Waals surface area contributed by atoms with Gasteiger partial charge in [-0.3, -0.25) is 19.4 Å². The molecule has 0 aromatic carbocycles. The standard InChI is InChI=1S/C26H39N5O2S/c1-18-13-19(2)16-31(15-18)24(32)17-29-9-11-30(12-10-29)20(3)25(33)28-26-22(14-27)21-7-5-4-6-8-23(21)34-26/h18-20H,4-13,15-17H2,1-3H3,(H,28,33)/t18-,19-,20-/m1/s1. The van der Waals surface area contributed by atoms with Crippen LogP contribution in [0.15, 0.2) is 0 Å². The maximum atomic E-state index is 13.1. The molecular weight excluding hydrogens is 446 g/mol. The SMILES string of the molecule is C[C@@H]1C[C@@H](C)CN(C(=O)CN2CCN([C@H](C)C(=O)Nc3sc4c(c3C#N)CCCCC4)CC2)C1. The number of aryl methyl sites for hydroxylation is 1. The van der Waals surface area contributed by atoms with E-state index in [-0.39, 0.29) is 17.9 Å². The van der Waals surface area contributed by atoms with E-state index in [0.29, 0.717) is 23.9 Å². The van der Waals surface area contributed by atoms with Gasteiger partial charge in [-0.05, 0) is 56.4 Å². The second kappa shape index (κ2) is 11.2. The van der Waals surface area contributed by atoms with Gasteiger partial charge in [0.15, 0.2) is 0 Å². The number of hydrogen-bond acceptors (Lipinski definition) is 6. The van der Waals surface area contributed by atoms with E-state index >= 15 is 0 Å². The number of nitriles is 1. The molecule has 7 nitrogen and oxygen atoms in total. The van der Waals surface area contributed by atoms with Gasteiger partial charge in [0, 0.05) is 44.1 Å². The number of likely N-dealkylation sites (tertiary alicyclic amines) is 1. The molecule has 0 radical (unpaired) electrons. The van der Waals surface area contributed by atoms with Crippen LogP contribution in [-0.2, 0) is 22.4 Å². The zero-order valence-corrected chi connectivity index (χ0v) is 21.8. The second-order valence-corrected chi connectivity index (χ2v) is 11.7. The van der Waals surface area contributed by atoms with Crippen LogP contribution in [0, 0.1) is 23.2 Å². The Morgan fingerprint density at radius 2 is 1.76 bits per heavy atom. The van der Waals surface area contributed by atoms with Gasteiger partial charge in [-0.25, -0.2) is 0 Å². The molecule has 0 bridgehead atoms. The fraction of sp³-hybridized carbons (Fsp3) is 0.731. The van der Waals surface area contributed by atoms with Crippen LogP contribution in [0.1, 0.15) is 62.5 Å². The third kappa shape index (κ3) is 5.81. The molecule has 4 rings (SSSR count). The number of amides is 2. The molecule has 0 saturated carbocycles. The number of rotatable bonds is 5. The second-order valence-electron chi connectivity index (χ2n) is 10.6. The summed E-state index contributed by atoms with van der Waals surface area (Å²) in [5, 5.41) is 13.5. The lowest BCUT2D eigenvalue weighted by molar-refractivity contribution is -0.136. The number of carbonyl (C=O) groups is 2. The van der Waals surface area contributed by atoms with Gasteiger partial charge in [0.1, 0.15) is 11.1 Å². The predicted octanol–water partition coefficient (Wildman–Crippen LogP) is 3.34. The summed E-state index contributed by atoms with van der Waals surface area (Å²) in [4.78, 5) is 33.6. The molecule has 2 fully saturated rings. The van der Waals surface area contributed by atoms with Crippen molar-refractivity contribution in [3.05, 3.63) is 16.0 Å². The molecule has 3 aliphatic rings. The summed E-state index contributed by atoms with van der Waals surface area (Å²) in [5.74, 6) is 1.33. The maximum Gasteiger partial charge on any atom is 0.242 e. The summed E-state index contributed by atoms with van der Waals surface area (Å²) >= 11 is 1.59. The van der Waals surface area contributed by atoms with Gasteiger partial charge in [0.25, 0.3) is 0 Å².